The fraction of sp³-hybridized carbons (Fsp3) is 0.571. The SMILES string of the molecule is Cc1c(N2CC3CCCC3C2)cc(N)cc1S(N)(=O)=O. The molecule has 4 N–H and O–H groups in total. The first-order chi connectivity index (χ1) is 9.36. The van der Waals surface area contributed by atoms with Crippen molar-refractivity contribution in [2.75, 3.05) is 23.7 Å². The minimum absolute atomic E-state index is 0.143. The summed E-state index contributed by atoms with van der Waals surface area (Å²) in [6.07, 6.45) is 3.89. The average molecular weight is 295 g/mol. The molecule has 3 rings (SSSR count). The van der Waals surface area contributed by atoms with Crippen molar-refractivity contribution in [2.24, 2.45) is 17.0 Å². The van der Waals surface area contributed by atoms with Crippen LogP contribution in [0.15, 0.2) is 17.0 Å². The molecule has 0 amide bonds. The van der Waals surface area contributed by atoms with Crippen LogP contribution in [0, 0.1) is 18.8 Å². The molecule has 1 aliphatic carbocycles. The molecule has 2 aliphatic rings. The number of nitrogens with zero attached hydrogens (tertiary/aromatic N) is 1. The number of nitrogens with two attached hydrogens (primary N) is 2. The van der Waals surface area contributed by atoms with Gasteiger partial charge < -0.3 is 10.6 Å². The van der Waals surface area contributed by atoms with Crippen LogP contribution < -0.4 is 15.8 Å². The van der Waals surface area contributed by atoms with Crippen LogP contribution in [0.2, 0.25) is 0 Å². The number of anilines is 2. The first-order valence-corrected chi connectivity index (χ1v) is 8.59. The van der Waals surface area contributed by atoms with Crippen LogP contribution in [-0.2, 0) is 10.0 Å². The molecule has 2 unspecified atom stereocenters. The minimum Gasteiger partial charge on any atom is -0.399 e. The van der Waals surface area contributed by atoms with E-state index in [1.54, 1.807) is 0 Å². The lowest BCUT2D eigenvalue weighted by Gasteiger charge is -2.23. The zero-order chi connectivity index (χ0) is 14.5. The van der Waals surface area contributed by atoms with Gasteiger partial charge in [0.1, 0.15) is 0 Å². The van der Waals surface area contributed by atoms with Crippen LogP contribution in [-0.4, -0.2) is 21.5 Å². The number of primary sulfonamides is 1. The Morgan fingerprint density at radius 3 is 2.35 bits per heavy atom. The van der Waals surface area contributed by atoms with E-state index in [1.807, 2.05) is 13.0 Å². The van der Waals surface area contributed by atoms with E-state index in [0.29, 0.717) is 11.3 Å². The lowest BCUT2D eigenvalue weighted by Crippen LogP contribution is -2.23. The molecule has 1 saturated carbocycles. The molecule has 110 valence electrons. The Hall–Kier alpha value is -1.27. The number of rotatable bonds is 2. The van der Waals surface area contributed by atoms with Gasteiger partial charge >= 0.3 is 0 Å². The molecule has 1 aliphatic heterocycles. The smallest absolute Gasteiger partial charge is 0.238 e. The van der Waals surface area contributed by atoms with Crippen molar-refractivity contribution < 1.29 is 8.42 Å². The molecule has 5 nitrogen and oxygen atoms in total. The Morgan fingerprint density at radius 2 is 1.80 bits per heavy atom. The van der Waals surface area contributed by atoms with E-state index < -0.39 is 10.0 Å². The topological polar surface area (TPSA) is 89.4 Å². The fourth-order valence-corrected chi connectivity index (χ4v) is 4.58. The van der Waals surface area contributed by atoms with Gasteiger partial charge in [0.05, 0.1) is 4.90 Å². The maximum absolute atomic E-state index is 11.7. The third-order valence-electron chi connectivity index (χ3n) is 4.73. The second kappa shape index (κ2) is 4.63. The number of fused-ring (bicyclic) bond motifs is 1. The monoisotopic (exact) mass is 295 g/mol. The van der Waals surface area contributed by atoms with Gasteiger partial charge in [-0.1, -0.05) is 6.42 Å². The molecule has 0 bridgehead atoms. The van der Waals surface area contributed by atoms with Crippen molar-refractivity contribution in [3.05, 3.63) is 17.7 Å². The van der Waals surface area contributed by atoms with Crippen molar-refractivity contribution in [3.8, 4) is 0 Å². The number of hydrogen-bond donors (Lipinski definition) is 2. The van der Waals surface area contributed by atoms with E-state index in [-0.39, 0.29) is 4.90 Å². The summed E-state index contributed by atoms with van der Waals surface area (Å²) in [7, 11) is -3.73. The molecule has 1 heterocycles. The second-order valence-corrected chi connectivity index (χ2v) is 7.59. The Kier molecular flexibility index (Phi) is 3.17. The van der Waals surface area contributed by atoms with Gasteiger partial charge in [0.2, 0.25) is 10.0 Å². The fourth-order valence-electron chi connectivity index (χ4n) is 3.75. The zero-order valence-corrected chi connectivity index (χ0v) is 12.5. The highest BCUT2D eigenvalue weighted by Gasteiger charge is 2.37. The van der Waals surface area contributed by atoms with Gasteiger partial charge in [-0.05, 0) is 49.3 Å². The second-order valence-electron chi connectivity index (χ2n) is 6.06. The van der Waals surface area contributed by atoms with Gasteiger partial charge in [-0.25, -0.2) is 13.6 Å². The molecule has 0 aromatic heterocycles. The summed E-state index contributed by atoms with van der Waals surface area (Å²) in [6, 6.07) is 3.32. The first-order valence-electron chi connectivity index (χ1n) is 7.04. The molecule has 2 atom stereocenters. The van der Waals surface area contributed by atoms with Gasteiger partial charge in [-0.15, -0.1) is 0 Å². The van der Waals surface area contributed by atoms with Crippen molar-refractivity contribution in [3.63, 3.8) is 0 Å². The number of sulfonamides is 1. The Bertz CT molecular complexity index is 630. The Balaban J connectivity index is 2.00. The first kappa shape index (κ1) is 13.7. The van der Waals surface area contributed by atoms with Crippen LogP contribution in [0.1, 0.15) is 24.8 Å². The van der Waals surface area contributed by atoms with Crippen molar-refractivity contribution in [1.29, 1.82) is 0 Å². The highest BCUT2D eigenvalue weighted by molar-refractivity contribution is 7.89. The molecule has 0 spiro atoms. The average Bonchev–Trinajstić information content (AvgIpc) is 2.90. The molecule has 20 heavy (non-hydrogen) atoms. The van der Waals surface area contributed by atoms with E-state index in [2.05, 4.69) is 4.90 Å². The number of benzene rings is 1. The van der Waals surface area contributed by atoms with E-state index in [4.69, 9.17) is 10.9 Å². The molecule has 1 saturated heterocycles. The van der Waals surface area contributed by atoms with Crippen molar-refractivity contribution in [1.82, 2.24) is 0 Å². The van der Waals surface area contributed by atoms with E-state index in [9.17, 15) is 8.42 Å². The van der Waals surface area contributed by atoms with Crippen LogP contribution in [0.25, 0.3) is 0 Å². The highest BCUT2D eigenvalue weighted by Crippen LogP contribution is 2.41. The lowest BCUT2D eigenvalue weighted by atomic mass is 10.0. The quantitative estimate of drug-likeness (QED) is 0.808. The number of hydrogen-bond acceptors (Lipinski definition) is 4. The van der Waals surface area contributed by atoms with Crippen molar-refractivity contribution >= 4 is 21.4 Å². The molecule has 6 heteroatoms. The standard InChI is InChI=1S/C14H21N3O2S/c1-9-13(5-12(15)6-14(9)20(16,18)19)17-7-10-3-2-4-11(10)8-17/h5-6,10-11H,2-4,7-8,15H2,1H3,(H2,16,18,19). The molecule has 2 fully saturated rings. The third kappa shape index (κ3) is 2.27. The van der Waals surface area contributed by atoms with Crippen LogP contribution in [0.3, 0.4) is 0 Å². The predicted molar refractivity (Wildman–Crippen MR) is 80.0 cm³/mol. The third-order valence-corrected chi connectivity index (χ3v) is 5.77. The summed E-state index contributed by atoms with van der Waals surface area (Å²) in [5.74, 6) is 1.49. The van der Waals surface area contributed by atoms with Crippen molar-refractivity contribution in [2.45, 2.75) is 31.1 Å². The molecule has 1 aromatic rings. The van der Waals surface area contributed by atoms with Gasteiger partial charge in [-0.2, -0.15) is 0 Å². The molecular formula is C14H21N3O2S. The summed E-state index contributed by atoms with van der Waals surface area (Å²) >= 11 is 0. The summed E-state index contributed by atoms with van der Waals surface area (Å²) in [5, 5.41) is 5.28. The van der Waals surface area contributed by atoms with E-state index in [1.165, 1.54) is 25.3 Å². The molecule has 0 radical (unpaired) electrons. The summed E-state index contributed by atoms with van der Waals surface area (Å²) < 4.78 is 23.3. The van der Waals surface area contributed by atoms with Crippen LogP contribution in [0.5, 0.6) is 0 Å². The van der Waals surface area contributed by atoms with Crippen LogP contribution >= 0.6 is 0 Å². The van der Waals surface area contributed by atoms with Gasteiger partial charge in [0.25, 0.3) is 0 Å². The Morgan fingerprint density at radius 1 is 1.20 bits per heavy atom. The maximum atomic E-state index is 11.7. The number of nitrogen functional groups attached to an aromatic ring is 1. The minimum atomic E-state index is -3.73. The summed E-state index contributed by atoms with van der Waals surface area (Å²) in [4.78, 5) is 2.42. The van der Waals surface area contributed by atoms with Crippen LogP contribution in [0.4, 0.5) is 11.4 Å². The largest absolute Gasteiger partial charge is 0.399 e. The lowest BCUT2D eigenvalue weighted by molar-refractivity contribution is 0.494. The van der Waals surface area contributed by atoms with E-state index in [0.717, 1.165) is 30.6 Å². The van der Waals surface area contributed by atoms with Gasteiger partial charge in [-0.3, -0.25) is 0 Å². The summed E-state index contributed by atoms with van der Waals surface area (Å²) in [5.41, 5.74) is 7.94. The van der Waals surface area contributed by atoms with Gasteiger partial charge in [0, 0.05) is 24.5 Å². The maximum Gasteiger partial charge on any atom is 0.238 e. The Labute approximate surface area is 120 Å². The normalized spacial score (nSPS) is 26.0. The highest BCUT2D eigenvalue weighted by atomic mass is 32.2. The summed E-state index contributed by atoms with van der Waals surface area (Å²) in [6.45, 7) is 3.81. The molecule has 1 aromatic carbocycles. The zero-order valence-electron chi connectivity index (χ0n) is 11.7. The molecular weight excluding hydrogens is 274 g/mol. The van der Waals surface area contributed by atoms with E-state index >= 15 is 0 Å². The predicted octanol–water partition coefficient (Wildman–Crippen LogP) is 1.46. The van der Waals surface area contributed by atoms with Gasteiger partial charge in [0.15, 0.2) is 0 Å².